The van der Waals surface area contributed by atoms with E-state index in [1.807, 2.05) is 36.2 Å². The number of hydrogen-bond acceptors (Lipinski definition) is 6. The molecule has 1 amide bonds. The Morgan fingerprint density at radius 2 is 1.93 bits per heavy atom. The molecular weight excluding hydrogens is 420 g/mol. The van der Waals surface area contributed by atoms with Gasteiger partial charge in [-0.2, -0.15) is 4.31 Å². The van der Waals surface area contributed by atoms with E-state index in [4.69, 9.17) is 0 Å². The first-order valence-corrected chi connectivity index (χ1v) is 12.1. The number of likely N-dealkylation sites (N-methyl/N-ethyl adjacent to an activating group) is 1. The molecule has 3 aromatic rings. The molecular formula is C21H24N4O3S2. The second-order valence-electron chi connectivity index (χ2n) is 7.43. The number of nitrogens with zero attached hydrogens (tertiary/aromatic N) is 3. The van der Waals surface area contributed by atoms with Crippen molar-refractivity contribution in [1.82, 2.24) is 14.2 Å². The quantitative estimate of drug-likeness (QED) is 0.605. The second kappa shape index (κ2) is 8.81. The lowest BCUT2D eigenvalue weighted by Gasteiger charge is -2.17. The summed E-state index contributed by atoms with van der Waals surface area (Å²) in [4.78, 5) is 19.2. The highest BCUT2D eigenvalue weighted by molar-refractivity contribution is 7.89. The fourth-order valence-electron chi connectivity index (χ4n) is 3.53. The average Bonchev–Trinajstić information content (AvgIpc) is 3.37. The zero-order valence-electron chi connectivity index (χ0n) is 16.7. The molecule has 9 heteroatoms. The molecule has 2 heterocycles. The van der Waals surface area contributed by atoms with Crippen LogP contribution in [0.4, 0.5) is 5.69 Å². The largest absolute Gasteiger partial charge is 0.325 e. The fourth-order valence-corrected chi connectivity index (χ4v) is 6.14. The number of aromatic nitrogens is 1. The van der Waals surface area contributed by atoms with Gasteiger partial charge < -0.3 is 5.32 Å². The number of fused-ring (bicyclic) bond motifs is 1. The maximum absolute atomic E-state index is 12.7. The first kappa shape index (κ1) is 20.9. The molecule has 4 rings (SSSR count). The third kappa shape index (κ3) is 4.70. The van der Waals surface area contributed by atoms with Crippen LogP contribution in [0, 0.1) is 0 Å². The van der Waals surface area contributed by atoms with Crippen LogP contribution >= 0.6 is 11.3 Å². The molecule has 2 aromatic carbocycles. The van der Waals surface area contributed by atoms with Gasteiger partial charge in [0.15, 0.2) is 0 Å². The molecule has 1 aliphatic rings. The minimum absolute atomic E-state index is 0.180. The van der Waals surface area contributed by atoms with Gasteiger partial charge >= 0.3 is 0 Å². The van der Waals surface area contributed by atoms with E-state index in [9.17, 15) is 13.2 Å². The molecule has 1 N–H and O–H groups in total. The van der Waals surface area contributed by atoms with Crippen molar-refractivity contribution in [1.29, 1.82) is 0 Å². The summed E-state index contributed by atoms with van der Waals surface area (Å²) < 4.78 is 28.1. The zero-order valence-corrected chi connectivity index (χ0v) is 18.4. The molecule has 0 aliphatic carbocycles. The van der Waals surface area contributed by atoms with Gasteiger partial charge in [0, 0.05) is 18.8 Å². The van der Waals surface area contributed by atoms with Crippen molar-refractivity contribution in [2.45, 2.75) is 24.3 Å². The third-order valence-corrected chi connectivity index (χ3v) is 7.89. The summed E-state index contributed by atoms with van der Waals surface area (Å²) in [6, 6.07) is 14.4. The lowest BCUT2D eigenvalue weighted by Crippen LogP contribution is -2.30. The van der Waals surface area contributed by atoms with Crippen LogP contribution in [-0.2, 0) is 21.4 Å². The van der Waals surface area contributed by atoms with Crippen molar-refractivity contribution >= 4 is 43.2 Å². The van der Waals surface area contributed by atoms with E-state index >= 15 is 0 Å². The Kier molecular flexibility index (Phi) is 6.14. The average molecular weight is 445 g/mol. The van der Waals surface area contributed by atoms with E-state index < -0.39 is 10.0 Å². The maximum atomic E-state index is 12.7. The number of carbonyl (C=O) groups is 1. The van der Waals surface area contributed by atoms with Crippen LogP contribution in [0.25, 0.3) is 10.2 Å². The van der Waals surface area contributed by atoms with E-state index in [1.165, 1.54) is 10.4 Å². The number of thiazole rings is 1. The van der Waals surface area contributed by atoms with Crippen LogP contribution in [0.1, 0.15) is 17.8 Å². The molecule has 0 atom stereocenters. The van der Waals surface area contributed by atoms with Crippen LogP contribution in [0.2, 0.25) is 0 Å². The highest BCUT2D eigenvalue weighted by Gasteiger charge is 2.27. The second-order valence-corrected chi connectivity index (χ2v) is 10.5. The van der Waals surface area contributed by atoms with Gasteiger partial charge in [-0.1, -0.05) is 18.2 Å². The van der Waals surface area contributed by atoms with E-state index in [1.54, 1.807) is 29.5 Å². The highest BCUT2D eigenvalue weighted by atomic mass is 32.2. The van der Waals surface area contributed by atoms with Crippen molar-refractivity contribution in [3.8, 4) is 0 Å². The number of sulfonamides is 1. The SMILES string of the molecule is CN(CC(=O)Nc1cccc(S(=O)(=O)N2CCCC2)c1)Cc1nc2ccccc2s1. The van der Waals surface area contributed by atoms with Gasteiger partial charge in [-0.25, -0.2) is 13.4 Å². The number of anilines is 1. The minimum atomic E-state index is -3.51. The summed E-state index contributed by atoms with van der Waals surface area (Å²) in [6.07, 6.45) is 1.77. The van der Waals surface area contributed by atoms with Gasteiger partial charge in [0.25, 0.3) is 0 Å². The molecule has 0 saturated carbocycles. The molecule has 0 unspecified atom stereocenters. The Bertz CT molecular complexity index is 1120. The van der Waals surface area contributed by atoms with E-state index in [0.717, 1.165) is 28.1 Å². The first-order chi connectivity index (χ1) is 14.4. The molecule has 0 spiro atoms. The van der Waals surface area contributed by atoms with Crippen LogP contribution in [0.5, 0.6) is 0 Å². The molecule has 0 radical (unpaired) electrons. The number of carbonyl (C=O) groups excluding carboxylic acids is 1. The number of nitrogens with one attached hydrogen (secondary N) is 1. The molecule has 1 aliphatic heterocycles. The lowest BCUT2D eigenvalue weighted by atomic mass is 10.3. The number of rotatable bonds is 7. The van der Waals surface area contributed by atoms with Gasteiger partial charge in [-0.05, 0) is 50.2 Å². The fraction of sp³-hybridized carbons (Fsp3) is 0.333. The predicted molar refractivity (Wildman–Crippen MR) is 119 cm³/mol. The predicted octanol–water partition coefficient (Wildman–Crippen LogP) is 3.15. The molecule has 158 valence electrons. The Morgan fingerprint density at radius 1 is 1.17 bits per heavy atom. The molecule has 1 aromatic heterocycles. The molecule has 7 nitrogen and oxygen atoms in total. The van der Waals surface area contributed by atoms with Crippen LogP contribution in [0.15, 0.2) is 53.4 Å². The summed E-state index contributed by atoms with van der Waals surface area (Å²) in [6.45, 7) is 1.85. The monoisotopic (exact) mass is 444 g/mol. The number of amides is 1. The van der Waals surface area contributed by atoms with Crippen LogP contribution in [0.3, 0.4) is 0 Å². The van der Waals surface area contributed by atoms with Crippen molar-refractivity contribution in [2.75, 3.05) is 32.0 Å². The van der Waals surface area contributed by atoms with Gasteiger partial charge in [-0.15, -0.1) is 11.3 Å². The maximum Gasteiger partial charge on any atom is 0.243 e. The first-order valence-electron chi connectivity index (χ1n) is 9.85. The Labute approximate surface area is 180 Å². The topological polar surface area (TPSA) is 82.6 Å². The molecule has 1 fully saturated rings. The highest BCUT2D eigenvalue weighted by Crippen LogP contribution is 2.24. The van der Waals surface area contributed by atoms with E-state index in [-0.39, 0.29) is 17.3 Å². The molecule has 30 heavy (non-hydrogen) atoms. The van der Waals surface area contributed by atoms with Crippen LogP contribution in [-0.4, -0.2) is 55.2 Å². The third-order valence-electron chi connectivity index (χ3n) is 4.98. The Hall–Kier alpha value is -2.33. The number of benzene rings is 2. The van der Waals surface area contributed by atoms with E-state index in [0.29, 0.717) is 25.3 Å². The van der Waals surface area contributed by atoms with Crippen molar-refractivity contribution < 1.29 is 13.2 Å². The molecule has 1 saturated heterocycles. The summed E-state index contributed by atoms with van der Waals surface area (Å²) in [5.74, 6) is -0.200. The van der Waals surface area contributed by atoms with Crippen molar-refractivity contribution in [2.24, 2.45) is 0 Å². The van der Waals surface area contributed by atoms with Crippen molar-refractivity contribution in [3.05, 3.63) is 53.5 Å². The number of hydrogen-bond donors (Lipinski definition) is 1. The Balaban J connectivity index is 1.37. The van der Waals surface area contributed by atoms with Gasteiger partial charge in [0.05, 0.1) is 28.2 Å². The summed E-state index contributed by atoms with van der Waals surface area (Å²) in [5.41, 5.74) is 1.44. The summed E-state index contributed by atoms with van der Waals surface area (Å²) >= 11 is 1.62. The van der Waals surface area contributed by atoms with Gasteiger partial charge in [0.2, 0.25) is 15.9 Å². The zero-order chi connectivity index (χ0) is 21.1. The lowest BCUT2D eigenvalue weighted by molar-refractivity contribution is -0.117. The Morgan fingerprint density at radius 3 is 2.70 bits per heavy atom. The normalized spacial score (nSPS) is 15.1. The molecule has 0 bridgehead atoms. The van der Waals surface area contributed by atoms with Gasteiger partial charge in [-0.3, -0.25) is 9.69 Å². The van der Waals surface area contributed by atoms with Crippen LogP contribution < -0.4 is 5.32 Å². The van der Waals surface area contributed by atoms with E-state index in [2.05, 4.69) is 10.3 Å². The summed E-state index contributed by atoms with van der Waals surface area (Å²) in [5, 5.41) is 3.76. The van der Waals surface area contributed by atoms with Crippen molar-refractivity contribution in [3.63, 3.8) is 0 Å². The number of para-hydroxylation sites is 1. The van der Waals surface area contributed by atoms with Gasteiger partial charge in [0.1, 0.15) is 5.01 Å². The smallest absolute Gasteiger partial charge is 0.243 e. The minimum Gasteiger partial charge on any atom is -0.325 e. The summed E-state index contributed by atoms with van der Waals surface area (Å²) in [7, 11) is -1.65. The standard InChI is InChI=1S/C21H24N4O3S2/c1-24(15-21-23-18-9-2-3-10-19(18)29-21)14-20(26)22-16-7-6-8-17(13-16)30(27,28)25-11-4-5-12-25/h2-3,6-10,13H,4-5,11-12,14-15H2,1H3,(H,22,26).